The molecule has 1 aromatic heterocycles. The van der Waals surface area contributed by atoms with Crippen LogP contribution in [-0.2, 0) is 14.3 Å². The monoisotopic (exact) mass is 528 g/mol. The molecule has 2 heterocycles. The zero-order valence-electron chi connectivity index (χ0n) is 22.5. The molecule has 2 aromatic carbocycles. The molecule has 1 atom stereocenters. The number of aliphatic hydroxyl groups is 1. The number of carbonyl (C=O) groups excluding carboxylic acids is 3. The maximum absolute atomic E-state index is 13.5. The summed E-state index contributed by atoms with van der Waals surface area (Å²) in [4.78, 5) is 45.0. The molecule has 0 aliphatic carbocycles. The van der Waals surface area contributed by atoms with Crippen LogP contribution in [0.1, 0.15) is 73.1 Å². The summed E-state index contributed by atoms with van der Waals surface area (Å²) in [5.41, 5.74) is 2.31. The van der Waals surface area contributed by atoms with Gasteiger partial charge in [0, 0.05) is 23.6 Å². The molecule has 1 saturated heterocycles. The van der Waals surface area contributed by atoms with Gasteiger partial charge in [-0.25, -0.2) is 4.79 Å². The molecule has 202 valence electrons. The Bertz CT molecular complexity index is 1410. The summed E-state index contributed by atoms with van der Waals surface area (Å²) in [7, 11) is 0. The van der Waals surface area contributed by atoms with Crippen LogP contribution in [-0.4, -0.2) is 41.0 Å². The Hall–Kier alpha value is -4.46. The van der Waals surface area contributed by atoms with E-state index in [4.69, 9.17) is 9.47 Å². The van der Waals surface area contributed by atoms with Gasteiger partial charge < -0.3 is 14.6 Å². The molecule has 1 N–H and O–H groups in total. The molecule has 1 amide bonds. The summed E-state index contributed by atoms with van der Waals surface area (Å²) in [6.45, 7) is 8.56. The van der Waals surface area contributed by atoms with Gasteiger partial charge in [0.15, 0.2) is 0 Å². The second kappa shape index (κ2) is 11.9. The highest BCUT2D eigenvalue weighted by molar-refractivity contribution is 6.51. The third-order valence-corrected chi connectivity index (χ3v) is 6.45. The van der Waals surface area contributed by atoms with E-state index in [1.807, 2.05) is 27.7 Å². The normalized spacial score (nSPS) is 16.5. The van der Waals surface area contributed by atoms with E-state index in [2.05, 4.69) is 4.98 Å². The van der Waals surface area contributed by atoms with Gasteiger partial charge in [-0.3, -0.25) is 19.5 Å². The van der Waals surface area contributed by atoms with Crippen molar-refractivity contribution in [1.29, 1.82) is 0 Å². The van der Waals surface area contributed by atoms with E-state index in [1.54, 1.807) is 60.9 Å². The molecule has 0 spiro atoms. The number of amides is 1. The number of Topliss-reactive ketones (excluding diaryl/α,β-unsaturated/α-hetero) is 1. The van der Waals surface area contributed by atoms with E-state index in [0.717, 1.165) is 5.56 Å². The van der Waals surface area contributed by atoms with E-state index in [0.29, 0.717) is 35.6 Å². The Balaban J connectivity index is 1.87. The number of ketones is 1. The van der Waals surface area contributed by atoms with Crippen LogP contribution in [0.4, 0.5) is 5.69 Å². The van der Waals surface area contributed by atoms with Crippen LogP contribution in [0.5, 0.6) is 5.75 Å². The molecule has 39 heavy (non-hydrogen) atoms. The van der Waals surface area contributed by atoms with Crippen LogP contribution in [0.25, 0.3) is 5.76 Å². The van der Waals surface area contributed by atoms with Gasteiger partial charge in [0.1, 0.15) is 11.5 Å². The van der Waals surface area contributed by atoms with E-state index in [1.165, 1.54) is 11.0 Å². The first-order valence-corrected chi connectivity index (χ1v) is 13.0. The molecule has 0 radical (unpaired) electrons. The standard InChI is InChI=1S/C31H32N2O6/c1-5-15-39-31(37)21-9-7-11-23(16-21)33-27(22-10-8-14-32-18-22)26(29(35)30(33)36)28(34)20-12-13-25(38-6-2)24(17-20)19(3)4/h7-14,16-19,27,34H,5-6,15H2,1-4H3/b28-26-. The van der Waals surface area contributed by atoms with Gasteiger partial charge >= 0.3 is 5.97 Å². The molecule has 0 bridgehead atoms. The molecule has 4 rings (SSSR count). The summed E-state index contributed by atoms with van der Waals surface area (Å²) in [5, 5.41) is 11.5. The number of nitrogens with zero attached hydrogens (tertiary/aromatic N) is 2. The fraction of sp³-hybridized carbons (Fsp3) is 0.290. The van der Waals surface area contributed by atoms with Crippen molar-refractivity contribution in [2.75, 3.05) is 18.1 Å². The van der Waals surface area contributed by atoms with Crippen molar-refractivity contribution in [3.8, 4) is 5.75 Å². The minimum Gasteiger partial charge on any atom is -0.507 e. The average molecular weight is 529 g/mol. The van der Waals surface area contributed by atoms with Gasteiger partial charge in [-0.05, 0) is 72.9 Å². The SMILES string of the molecule is CCCOC(=O)c1cccc(N2C(=O)C(=O)/C(=C(\O)c3ccc(OCC)c(C(C)C)c3)C2c2cccnc2)c1. The van der Waals surface area contributed by atoms with Crippen LogP contribution >= 0.6 is 0 Å². The fourth-order valence-electron chi connectivity index (χ4n) is 4.60. The lowest BCUT2D eigenvalue weighted by Gasteiger charge is -2.25. The summed E-state index contributed by atoms with van der Waals surface area (Å²) in [6, 6.07) is 14.0. The van der Waals surface area contributed by atoms with Gasteiger partial charge in [-0.15, -0.1) is 0 Å². The fourth-order valence-corrected chi connectivity index (χ4v) is 4.60. The molecule has 8 nitrogen and oxygen atoms in total. The van der Waals surface area contributed by atoms with Crippen molar-refractivity contribution < 1.29 is 29.0 Å². The number of hydrogen-bond acceptors (Lipinski definition) is 7. The molecular weight excluding hydrogens is 496 g/mol. The van der Waals surface area contributed by atoms with Crippen LogP contribution in [0.15, 0.2) is 72.6 Å². The quantitative estimate of drug-likeness (QED) is 0.162. The molecule has 1 aliphatic heterocycles. The first-order chi connectivity index (χ1) is 18.8. The van der Waals surface area contributed by atoms with Gasteiger partial charge in [0.2, 0.25) is 0 Å². The summed E-state index contributed by atoms with van der Waals surface area (Å²) in [5.74, 6) is -1.69. The predicted octanol–water partition coefficient (Wildman–Crippen LogP) is 5.80. The molecule has 1 fully saturated rings. The third kappa shape index (κ3) is 5.55. The first-order valence-electron chi connectivity index (χ1n) is 13.0. The number of rotatable bonds is 9. The Kier molecular flexibility index (Phi) is 8.44. The Labute approximate surface area is 227 Å². The molecule has 0 saturated carbocycles. The Morgan fingerprint density at radius 3 is 2.51 bits per heavy atom. The Morgan fingerprint density at radius 2 is 1.85 bits per heavy atom. The van der Waals surface area contributed by atoms with E-state index < -0.39 is 23.7 Å². The lowest BCUT2D eigenvalue weighted by molar-refractivity contribution is -0.132. The lowest BCUT2D eigenvalue weighted by atomic mass is 9.93. The molecule has 1 aliphatic rings. The average Bonchev–Trinajstić information content (AvgIpc) is 3.22. The van der Waals surface area contributed by atoms with Crippen molar-refractivity contribution in [1.82, 2.24) is 4.98 Å². The van der Waals surface area contributed by atoms with Crippen LogP contribution in [0, 0.1) is 0 Å². The smallest absolute Gasteiger partial charge is 0.338 e. The maximum Gasteiger partial charge on any atom is 0.338 e. The molecule has 8 heteroatoms. The summed E-state index contributed by atoms with van der Waals surface area (Å²) < 4.78 is 11.0. The number of pyridine rings is 1. The van der Waals surface area contributed by atoms with Gasteiger partial charge in [0.05, 0.1) is 30.4 Å². The summed E-state index contributed by atoms with van der Waals surface area (Å²) in [6.07, 6.45) is 3.81. The lowest BCUT2D eigenvalue weighted by Crippen LogP contribution is -2.29. The van der Waals surface area contributed by atoms with Crippen LogP contribution in [0.2, 0.25) is 0 Å². The first kappa shape index (κ1) is 27.6. The zero-order valence-corrected chi connectivity index (χ0v) is 22.5. The second-order valence-corrected chi connectivity index (χ2v) is 9.48. The second-order valence-electron chi connectivity index (χ2n) is 9.48. The molecule has 3 aromatic rings. The summed E-state index contributed by atoms with van der Waals surface area (Å²) >= 11 is 0. The van der Waals surface area contributed by atoms with E-state index in [-0.39, 0.29) is 29.4 Å². The highest BCUT2D eigenvalue weighted by Gasteiger charge is 2.47. The maximum atomic E-state index is 13.5. The number of esters is 1. The van der Waals surface area contributed by atoms with Gasteiger partial charge in [-0.2, -0.15) is 0 Å². The zero-order chi connectivity index (χ0) is 28.1. The number of ether oxygens (including phenoxy) is 2. The number of hydrogen-bond donors (Lipinski definition) is 1. The minimum atomic E-state index is -0.963. The number of anilines is 1. The largest absolute Gasteiger partial charge is 0.507 e. The van der Waals surface area contributed by atoms with Crippen molar-refractivity contribution >= 4 is 29.1 Å². The minimum absolute atomic E-state index is 0.0640. The number of carbonyl (C=O) groups is 3. The number of aliphatic hydroxyl groups excluding tert-OH is 1. The van der Waals surface area contributed by atoms with Crippen LogP contribution in [0.3, 0.4) is 0 Å². The van der Waals surface area contributed by atoms with Gasteiger partial charge in [-0.1, -0.05) is 32.9 Å². The third-order valence-electron chi connectivity index (χ3n) is 6.45. The van der Waals surface area contributed by atoms with Gasteiger partial charge in [0.25, 0.3) is 11.7 Å². The molecule has 1 unspecified atom stereocenters. The van der Waals surface area contributed by atoms with E-state index >= 15 is 0 Å². The van der Waals surface area contributed by atoms with Crippen molar-refractivity contribution in [2.45, 2.75) is 46.1 Å². The molecular formula is C31H32N2O6. The topological polar surface area (TPSA) is 106 Å². The van der Waals surface area contributed by atoms with Crippen molar-refractivity contribution in [2.24, 2.45) is 0 Å². The number of benzene rings is 2. The highest BCUT2D eigenvalue weighted by Crippen LogP contribution is 2.42. The number of aromatic nitrogens is 1. The predicted molar refractivity (Wildman–Crippen MR) is 148 cm³/mol. The van der Waals surface area contributed by atoms with Crippen molar-refractivity contribution in [3.63, 3.8) is 0 Å². The van der Waals surface area contributed by atoms with Crippen LogP contribution < -0.4 is 9.64 Å². The Morgan fingerprint density at radius 1 is 1.05 bits per heavy atom. The van der Waals surface area contributed by atoms with Crippen molar-refractivity contribution in [3.05, 3.63) is 94.8 Å². The highest BCUT2D eigenvalue weighted by atomic mass is 16.5. The van der Waals surface area contributed by atoms with E-state index in [9.17, 15) is 19.5 Å².